The van der Waals surface area contributed by atoms with E-state index < -0.39 is 0 Å². The Labute approximate surface area is 101 Å². The summed E-state index contributed by atoms with van der Waals surface area (Å²) >= 11 is 0. The third-order valence-electron chi connectivity index (χ3n) is 2.24. The van der Waals surface area contributed by atoms with Crippen molar-refractivity contribution in [1.82, 2.24) is 4.98 Å². The number of amidine groups is 1. The van der Waals surface area contributed by atoms with Gasteiger partial charge in [-0.25, -0.2) is 4.98 Å². The van der Waals surface area contributed by atoms with Crippen LogP contribution in [0.3, 0.4) is 0 Å². The van der Waals surface area contributed by atoms with Crippen molar-refractivity contribution in [3.63, 3.8) is 0 Å². The van der Waals surface area contributed by atoms with Crippen LogP contribution in [0.15, 0.2) is 23.5 Å². The molecule has 0 aliphatic carbocycles. The molecule has 3 N–H and O–H groups in total. The molecule has 0 unspecified atom stereocenters. The zero-order valence-corrected chi connectivity index (χ0v) is 10.5. The highest BCUT2D eigenvalue weighted by atomic mass is 16.5. The Morgan fingerprint density at radius 2 is 2.24 bits per heavy atom. The molecule has 0 fully saturated rings. The van der Waals surface area contributed by atoms with E-state index in [9.17, 15) is 0 Å². The van der Waals surface area contributed by atoms with Crippen LogP contribution in [0.2, 0.25) is 0 Å². The zero-order chi connectivity index (χ0) is 12.9. The van der Waals surface area contributed by atoms with E-state index in [0.29, 0.717) is 18.1 Å². The van der Waals surface area contributed by atoms with Crippen LogP contribution in [0.5, 0.6) is 5.88 Å². The summed E-state index contributed by atoms with van der Waals surface area (Å²) in [5.41, 5.74) is 6.29. The highest BCUT2D eigenvalue weighted by molar-refractivity contribution is 5.97. The number of nitrogens with two attached hydrogens (primary N) is 1. The largest absolute Gasteiger partial charge is 0.478 e. The second-order valence-electron chi connectivity index (χ2n) is 5.03. The van der Waals surface area contributed by atoms with Crippen LogP contribution in [0.1, 0.15) is 32.8 Å². The minimum atomic E-state index is 0.0491. The number of nitrogens with zero attached hydrogens (tertiary/aromatic N) is 2. The number of hydrogen-bond donors (Lipinski definition) is 2. The van der Waals surface area contributed by atoms with Crippen LogP contribution in [0, 0.1) is 5.41 Å². The molecule has 0 saturated heterocycles. The first-order chi connectivity index (χ1) is 7.92. The molecule has 0 saturated carbocycles. The van der Waals surface area contributed by atoms with Gasteiger partial charge in [0.15, 0.2) is 5.84 Å². The quantitative estimate of drug-likeness (QED) is 0.363. The molecular weight excluding hydrogens is 218 g/mol. The topological polar surface area (TPSA) is 80.7 Å². The third-order valence-corrected chi connectivity index (χ3v) is 2.24. The number of ether oxygens (including phenoxy) is 1. The molecule has 0 radical (unpaired) electrons. The van der Waals surface area contributed by atoms with E-state index in [1.54, 1.807) is 18.3 Å². The first kappa shape index (κ1) is 13.3. The normalized spacial score (nSPS) is 12.5. The molecule has 94 valence electrons. The minimum Gasteiger partial charge on any atom is -0.478 e. The maximum absolute atomic E-state index is 8.56. The van der Waals surface area contributed by atoms with Crippen molar-refractivity contribution < 1.29 is 9.94 Å². The Morgan fingerprint density at radius 1 is 1.53 bits per heavy atom. The summed E-state index contributed by atoms with van der Waals surface area (Å²) in [5.74, 6) is 0.534. The maximum atomic E-state index is 8.56. The second-order valence-corrected chi connectivity index (χ2v) is 5.03. The molecule has 0 bridgehead atoms. The van der Waals surface area contributed by atoms with Crippen LogP contribution < -0.4 is 10.5 Å². The lowest BCUT2D eigenvalue weighted by Gasteiger charge is -2.17. The summed E-state index contributed by atoms with van der Waals surface area (Å²) in [5, 5.41) is 11.5. The van der Waals surface area contributed by atoms with Gasteiger partial charge in [0.2, 0.25) is 5.88 Å². The van der Waals surface area contributed by atoms with Crippen LogP contribution in [-0.2, 0) is 0 Å². The van der Waals surface area contributed by atoms with Gasteiger partial charge in [-0.05, 0) is 17.9 Å². The molecule has 0 aliphatic heterocycles. The molecule has 0 aromatic carbocycles. The molecular formula is C12H19N3O2. The van der Waals surface area contributed by atoms with Gasteiger partial charge in [0.05, 0.1) is 6.61 Å². The van der Waals surface area contributed by atoms with Crippen molar-refractivity contribution in [3.05, 3.63) is 23.9 Å². The fourth-order valence-corrected chi connectivity index (χ4v) is 1.17. The highest BCUT2D eigenvalue weighted by Crippen LogP contribution is 2.19. The first-order valence-electron chi connectivity index (χ1n) is 5.49. The lowest BCUT2D eigenvalue weighted by Crippen LogP contribution is -2.14. The van der Waals surface area contributed by atoms with Crippen molar-refractivity contribution in [2.45, 2.75) is 27.2 Å². The number of pyridine rings is 1. The Morgan fingerprint density at radius 3 is 2.82 bits per heavy atom. The van der Waals surface area contributed by atoms with E-state index in [4.69, 9.17) is 15.7 Å². The molecule has 0 spiro atoms. The molecule has 0 amide bonds. The van der Waals surface area contributed by atoms with Crippen LogP contribution >= 0.6 is 0 Å². The fourth-order valence-electron chi connectivity index (χ4n) is 1.17. The first-order valence-corrected chi connectivity index (χ1v) is 5.49. The number of aromatic nitrogens is 1. The summed E-state index contributed by atoms with van der Waals surface area (Å²) in [6, 6.07) is 3.31. The van der Waals surface area contributed by atoms with Gasteiger partial charge in [0, 0.05) is 17.8 Å². The van der Waals surface area contributed by atoms with Gasteiger partial charge in [-0.1, -0.05) is 25.9 Å². The average Bonchev–Trinajstić information content (AvgIpc) is 2.27. The van der Waals surface area contributed by atoms with E-state index in [-0.39, 0.29) is 11.3 Å². The number of rotatable bonds is 4. The lowest BCUT2D eigenvalue weighted by atomic mass is 9.93. The summed E-state index contributed by atoms with van der Waals surface area (Å²) in [4.78, 5) is 4.06. The van der Waals surface area contributed by atoms with Gasteiger partial charge in [0.1, 0.15) is 0 Å². The predicted molar refractivity (Wildman–Crippen MR) is 66.3 cm³/mol. The summed E-state index contributed by atoms with van der Waals surface area (Å²) in [6.45, 7) is 7.04. The molecule has 17 heavy (non-hydrogen) atoms. The maximum Gasteiger partial charge on any atom is 0.213 e. The zero-order valence-electron chi connectivity index (χ0n) is 10.5. The van der Waals surface area contributed by atoms with Gasteiger partial charge in [0.25, 0.3) is 0 Å². The minimum absolute atomic E-state index is 0.0491. The summed E-state index contributed by atoms with van der Waals surface area (Å²) in [6.07, 6.45) is 2.50. The molecule has 1 heterocycles. The Kier molecular flexibility index (Phi) is 4.31. The van der Waals surface area contributed by atoms with Crippen molar-refractivity contribution in [1.29, 1.82) is 0 Å². The van der Waals surface area contributed by atoms with Crippen LogP contribution in [0.4, 0.5) is 0 Å². The van der Waals surface area contributed by atoms with Crippen molar-refractivity contribution in [2.75, 3.05) is 6.61 Å². The van der Waals surface area contributed by atoms with Gasteiger partial charge >= 0.3 is 0 Å². The summed E-state index contributed by atoms with van der Waals surface area (Å²) in [7, 11) is 0. The van der Waals surface area contributed by atoms with E-state index in [2.05, 4.69) is 30.9 Å². The Bertz CT molecular complexity index is 397. The number of hydrogen-bond acceptors (Lipinski definition) is 4. The molecule has 5 nitrogen and oxygen atoms in total. The molecule has 0 aliphatic rings. The Hall–Kier alpha value is -1.78. The van der Waals surface area contributed by atoms with E-state index in [1.807, 2.05) is 0 Å². The molecule has 5 heteroatoms. The smallest absolute Gasteiger partial charge is 0.213 e. The molecule has 1 aromatic heterocycles. The van der Waals surface area contributed by atoms with Gasteiger partial charge in [-0.3, -0.25) is 0 Å². The standard InChI is InChI=1S/C12H19N3O2/c1-12(2,3)5-7-17-10-8-9(4-6-14-10)11(13)15-16/h4,6,8,16H,5,7H2,1-3H3,(H2,13,15). The SMILES string of the molecule is CC(C)(C)CCOc1cc(C(N)=NO)ccn1. The monoisotopic (exact) mass is 237 g/mol. The molecule has 0 atom stereocenters. The van der Waals surface area contributed by atoms with E-state index in [0.717, 1.165) is 6.42 Å². The second kappa shape index (κ2) is 5.52. The van der Waals surface area contributed by atoms with Crippen molar-refractivity contribution in [2.24, 2.45) is 16.3 Å². The third kappa shape index (κ3) is 4.72. The molecule has 1 rings (SSSR count). The average molecular weight is 237 g/mol. The van der Waals surface area contributed by atoms with Crippen molar-refractivity contribution in [3.8, 4) is 5.88 Å². The van der Waals surface area contributed by atoms with Gasteiger partial charge in [-0.15, -0.1) is 0 Å². The lowest BCUT2D eigenvalue weighted by molar-refractivity contribution is 0.236. The van der Waals surface area contributed by atoms with E-state index >= 15 is 0 Å². The number of oxime groups is 1. The molecule has 1 aromatic rings. The predicted octanol–water partition coefficient (Wildman–Crippen LogP) is 1.99. The van der Waals surface area contributed by atoms with Crippen LogP contribution in [-0.4, -0.2) is 22.6 Å². The Balaban J connectivity index is 2.61. The summed E-state index contributed by atoms with van der Waals surface area (Å²) < 4.78 is 5.51. The fraction of sp³-hybridized carbons (Fsp3) is 0.500. The van der Waals surface area contributed by atoms with Crippen molar-refractivity contribution >= 4 is 5.84 Å². The van der Waals surface area contributed by atoms with E-state index in [1.165, 1.54) is 0 Å². The van der Waals surface area contributed by atoms with Gasteiger partial charge in [-0.2, -0.15) is 0 Å². The van der Waals surface area contributed by atoms with Crippen LogP contribution in [0.25, 0.3) is 0 Å². The highest BCUT2D eigenvalue weighted by Gasteiger charge is 2.10. The van der Waals surface area contributed by atoms with Gasteiger partial charge < -0.3 is 15.7 Å².